The lowest BCUT2D eigenvalue weighted by Gasteiger charge is -2.36. The van der Waals surface area contributed by atoms with Crippen molar-refractivity contribution in [1.29, 1.82) is 0 Å². The van der Waals surface area contributed by atoms with Crippen molar-refractivity contribution in [3.8, 4) is 17.2 Å². The summed E-state index contributed by atoms with van der Waals surface area (Å²) in [4.78, 5) is 71.0. The first-order valence-corrected chi connectivity index (χ1v) is 17.0. The van der Waals surface area contributed by atoms with E-state index < -0.39 is 29.7 Å². The molecule has 1 unspecified atom stereocenters. The Morgan fingerprint density at radius 1 is 0.863 bits per heavy atom. The number of benzene rings is 3. The Morgan fingerprint density at radius 3 is 2.12 bits per heavy atom. The van der Waals surface area contributed by atoms with Crippen molar-refractivity contribution < 1.29 is 33.4 Å². The van der Waals surface area contributed by atoms with E-state index in [4.69, 9.17) is 9.47 Å². The van der Waals surface area contributed by atoms with Crippen LogP contribution in [0.25, 0.3) is 0 Å². The van der Waals surface area contributed by atoms with Crippen LogP contribution in [0, 0.1) is 0 Å². The third-order valence-electron chi connectivity index (χ3n) is 9.79. The number of Topliss-reactive ketones (excluding diaryl/α,β-unsaturated/α-hetero) is 1. The van der Waals surface area contributed by atoms with Crippen LogP contribution in [0.2, 0.25) is 0 Å². The van der Waals surface area contributed by atoms with Gasteiger partial charge in [0.25, 0.3) is 11.8 Å². The number of nitrogens with one attached hydrogen (secondary N) is 2. The number of ether oxygens (including phenoxy) is 2. The average Bonchev–Trinajstić information content (AvgIpc) is 3.36. The van der Waals surface area contributed by atoms with Gasteiger partial charge in [0.1, 0.15) is 23.6 Å². The van der Waals surface area contributed by atoms with Gasteiger partial charge in [0, 0.05) is 42.8 Å². The predicted octanol–water partition coefficient (Wildman–Crippen LogP) is 5.61. The zero-order valence-electron chi connectivity index (χ0n) is 28.5. The normalized spacial score (nSPS) is 20.0. The Kier molecular flexibility index (Phi) is 8.84. The van der Waals surface area contributed by atoms with Gasteiger partial charge in [0.2, 0.25) is 11.8 Å². The van der Waals surface area contributed by atoms with Crippen LogP contribution in [0.1, 0.15) is 95.3 Å². The summed E-state index contributed by atoms with van der Waals surface area (Å²) in [5, 5.41) is 5.64. The molecule has 2 N–H and O–H groups in total. The van der Waals surface area contributed by atoms with Crippen molar-refractivity contribution >= 4 is 35.1 Å². The van der Waals surface area contributed by atoms with Gasteiger partial charge in [-0.05, 0) is 60.0 Å². The van der Waals surface area contributed by atoms with Crippen LogP contribution in [-0.4, -0.2) is 62.5 Å². The Bertz CT molecular complexity index is 2020. The molecule has 0 spiro atoms. The molecule has 51 heavy (non-hydrogen) atoms. The lowest BCUT2D eigenvalue weighted by Crippen LogP contribution is -2.54. The Morgan fingerprint density at radius 2 is 1.49 bits per heavy atom. The van der Waals surface area contributed by atoms with Gasteiger partial charge >= 0.3 is 0 Å². The number of nitrogens with zero attached hydrogens (tertiary/aromatic N) is 3. The van der Waals surface area contributed by atoms with E-state index in [1.54, 1.807) is 25.1 Å². The number of aromatic nitrogens is 2. The highest BCUT2D eigenvalue weighted by atomic mass is 16.5. The van der Waals surface area contributed by atoms with Gasteiger partial charge in [0.15, 0.2) is 17.4 Å². The molecule has 3 aliphatic rings. The van der Waals surface area contributed by atoms with Crippen LogP contribution in [0.5, 0.6) is 17.2 Å². The Labute approximate surface area is 294 Å². The molecular weight excluding hydrogens is 650 g/mol. The van der Waals surface area contributed by atoms with Gasteiger partial charge in [-0.15, -0.1) is 0 Å². The topological polar surface area (TPSA) is 157 Å². The monoisotopic (exact) mass is 687 g/mol. The summed E-state index contributed by atoms with van der Waals surface area (Å²) in [6, 6.07) is 20.1. The summed E-state index contributed by atoms with van der Waals surface area (Å²) in [6.07, 6.45) is 5.10. The van der Waals surface area contributed by atoms with Gasteiger partial charge in [-0.3, -0.25) is 34.2 Å². The van der Waals surface area contributed by atoms with Crippen molar-refractivity contribution in [2.75, 3.05) is 5.32 Å². The third-order valence-corrected chi connectivity index (χ3v) is 9.79. The summed E-state index contributed by atoms with van der Waals surface area (Å²) < 4.78 is 12.1. The second-order valence-electron chi connectivity index (χ2n) is 13.6. The third kappa shape index (κ3) is 6.69. The SMILES string of the molecule is CCC(=O)c1ncc(Oc2ccc(C(C)(C)c3ccc(O[C@H]4C[C@H](Nc5ccc6c(c5)C(=O)N(C5CCC(=O)NC5=O)C6=O)C4)cc3)cc2)cn1. The molecule has 1 atom stereocenters. The van der Waals surface area contributed by atoms with Crippen LogP contribution in [0.15, 0.2) is 79.1 Å². The molecule has 12 nitrogen and oxygen atoms in total. The molecule has 12 heteroatoms. The van der Waals surface area contributed by atoms with Gasteiger partial charge < -0.3 is 14.8 Å². The van der Waals surface area contributed by atoms with E-state index in [2.05, 4.69) is 46.6 Å². The van der Waals surface area contributed by atoms with E-state index in [-0.39, 0.29) is 53.1 Å². The number of amides is 4. The molecule has 3 heterocycles. The summed E-state index contributed by atoms with van der Waals surface area (Å²) >= 11 is 0. The maximum absolute atomic E-state index is 13.2. The van der Waals surface area contributed by atoms with Crippen molar-refractivity contribution in [1.82, 2.24) is 20.2 Å². The zero-order chi connectivity index (χ0) is 35.9. The molecular formula is C39H37N5O7. The fraction of sp³-hybridized carbons (Fsp3) is 0.308. The molecule has 1 saturated heterocycles. The second kappa shape index (κ2) is 13.4. The molecule has 1 aromatic heterocycles. The second-order valence-corrected chi connectivity index (χ2v) is 13.6. The molecule has 1 aliphatic carbocycles. The number of ketones is 1. The number of hydrogen-bond donors (Lipinski definition) is 2. The number of carbonyl (C=O) groups excluding carboxylic acids is 5. The van der Waals surface area contributed by atoms with Gasteiger partial charge in [-0.1, -0.05) is 45.0 Å². The van der Waals surface area contributed by atoms with Crippen molar-refractivity contribution in [3.63, 3.8) is 0 Å². The summed E-state index contributed by atoms with van der Waals surface area (Å²) in [5.74, 6) is -0.138. The minimum Gasteiger partial charge on any atom is -0.490 e. The van der Waals surface area contributed by atoms with Gasteiger partial charge in [0.05, 0.1) is 23.5 Å². The van der Waals surface area contributed by atoms with Crippen molar-refractivity contribution in [2.45, 2.75) is 76.5 Å². The number of carbonyl (C=O) groups is 5. The summed E-state index contributed by atoms with van der Waals surface area (Å²) in [6.45, 7) is 6.09. The lowest BCUT2D eigenvalue weighted by atomic mass is 9.78. The van der Waals surface area contributed by atoms with E-state index in [0.717, 1.165) is 34.6 Å². The van der Waals surface area contributed by atoms with E-state index >= 15 is 0 Å². The van der Waals surface area contributed by atoms with Gasteiger partial charge in [-0.25, -0.2) is 9.97 Å². The van der Waals surface area contributed by atoms with Crippen molar-refractivity contribution in [3.05, 3.63) is 107 Å². The first-order chi connectivity index (χ1) is 24.5. The molecule has 4 aromatic rings. The Hall–Kier alpha value is -5.91. The molecule has 4 amide bonds. The van der Waals surface area contributed by atoms with Crippen LogP contribution >= 0.6 is 0 Å². The number of rotatable bonds is 11. The fourth-order valence-corrected chi connectivity index (χ4v) is 6.63. The summed E-state index contributed by atoms with van der Waals surface area (Å²) in [7, 11) is 0. The predicted molar refractivity (Wildman–Crippen MR) is 186 cm³/mol. The van der Waals surface area contributed by atoms with Crippen LogP contribution in [-0.2, 0) is 15.0 Å². The Balaban J connectivity index is 0.907. The van der Waals surface area contributed by atoms with Crippen LogP contribution in [0.4, 0.5) is 5.69 Å². The zero-order valence-corrected chi connectivity index (χ0v) is 28.5. The van der Waals surface area contributed by atoms with Crippen LogP contribution < -0.4 is 20.1 Å². The molecule has 1 saturated carbocycles. The highest BCUT2D eigenvalue weighted by molar-refractivity contribution is 6.23. The minimum absolute atomic E-state index is 0.0308. The maximum atomic E-state index is 13.2. The largest absolute Gasteiger partial charge is 0.490 e. The van der Waals surface area contributed by atoms with E-state index in [1.165, 1.54) is 12.4 Å². The minimum atomic E-state index is -0.991. The molecule has 2 aliphatic heterocycles. The standard InChI is InChI=1S/C39H37N5O7/c1-4-33(45)35-40-20-29(21-41-35)51-27-12-7-23(8-13-27)39(2,3)22-5-10-26(11-6-22)50-28-17-25(18-28)42-24-9-14-30-31(19-24)38(49)44(37(30)48)32-15-16-34(46)43-36(32)47/h5-14,19-21,25,28,32,42H,4,15-18H2,1-3H3,(H,43,46,47)/t25-,28-,32?. The molecule has 3 aromatic carbocycles. The number of imide groups is 2. The van der Waals surface area contributed by atoms with E-state index in [0.29, 0.717) is 23.6 Å². The first kappa shape index (κ1) is 33.6. The molecule has 7 rings (SSSR count). The highest BCUT2D eigenvalue weighted by Crippen LogP contribution is 2.36. The fourth-order valence-electron chi connectivity index (χ4n) is 6.63. The quantitative estimate of drug-likeness (QED) is 0.150. The maximum Gasteiger partial charge on any atom is 0.262 e. The van der Waals surface area contributed by atoms with Crippen molar-refractivity contribution in [2.24, 2.45) is 0 Å². The number of fused-ring (bicyclic) bond motifs is 1. The molecule has 260 valence electrons. The van der Waals surface area contributed by atoms with E-state index in [9.17, 15) is 24.0 Å². The number of piperidine rings is 1. The molecule has 0 radical (unpaired) electrons. The van der Waals surface area contributed by atoms with Crippen LogP contribution in [0.3, 0.4) is 0 Å². The smallest absolute Gasteiger partial charge is 0.262 e. The average molecular weight is 688 g/mol. The highest BCUT2D eigenvalue weighted by Gasteiger charge is 2.45. The lowest BCUT2D eigenvalue weighted by molar-refractivity contribution is -0.136. The number of hydrogen-bond acceptors (Lipinski definition) is 10. The number of anilines is 1. The van der Waals surface area contributed by atoms with E-state index in [1.807, 2.05) is 36.4 Å². The summed E-state index contributed by atoms with van der Waals surface area (Å²) in [5.41, 5.74) is 3.16. The van der Waals surface area contributed by atoms with Gasteiger partial charge in [-0.2, -0.15) is 0 Å². The first-order valence-electron chi connectivity index (χ1n) is 17.0. The molecule has 2 fully saturated rings. The molecule has 0 bridgehead atoms.